The van der Waals surface area contributed by atoms with E-state index in [1.165, 1.54) is 0 Å². The van der Waals surface area contributed by atoms with Gasteiger partial charge in [-0.3, -0.25) is 4.79 Å². The fourth-order valence-corrected chi connectivity index (χ4v) is 2.60. The van der Waals surface area contributed by atoms with E-state index >= 15 is 0 Å². The first kappa shape index (κ1) is 14.2. The van der Waals surface area contributed by atoms with Crippen LogP contribution in [0.25, 0.3) is 0 Å². The topological polar surface area (TPSA) is 41.6 Å². The Morgan fingerprint density at radius 1 is 1.37 bits per heavy atom. The van der Waals surface area contributed by atoms with Crippen molar-refractivity contribution in [3.8, 4) is 0 Å². The summed E-state index contributed by atoms with van der Waals surface area (Å²) < 4.78 is 5.65. The predicted octanol–water partition coefficient (Wildman–Crippen LogP) is 2.63. The van der Waals surface area contributed by atoms with Gasteiger partial charge in [-0.1, -0.05) is 11.6 Å². The third kappa shape index (κ3) is 3.19. The first-order chi connectivity index (χ1) is 9.01. The molecule has 19 heavy (non-hydrogen) atoms. The fraction of sp³-hybridized carbons (Fsp3) is 0.500. The lowest BCUT2D eigenvalue weighted by Gasteiger charge is -2.35. The predicted molar refractivity (Wildman–Crippen MR) is 76.9 cm³/mol. The van der Waals surface area contributed by atoms with Gasteiger partial charge in [0, 0.05) is 30.8 Å². The maximum Gasteiger partial charge on any atom is 0.256 e. The van der Waals surface area contributed by atoms with Gasteiger partial charge in [-0.15, -0.1) is 0 Å². The highest BCUT2D eigenvalue weighted by Gasteiger charge is 2.27. The third-order valence-electron chi connectivity index (χ3n) is 3.19. The van der Waals surface area contributed by atoms with Gasteiger partial charge in [0.1, 0.15) is 0 Å². The van der Waals surface area contributed by atoms with E-state index in [0.29, 0.717) is 23.7 Å². The molecular weight excluding hydrogens is 264 g/mol. The summed E-state index contributed by atoms with van der Waals surface area (Å²) in [5.41, 5.74) is 1.40. The van der Waals surface area contributed by atoms with Crippen molar-refractivity contribution in [2.24, 2.45) is 0 Å². The van der Waals surface area contributed by atoms with Crippen molar-refractivity contribution in [3.05, 3.63) is 28.8 Å². The van der Waals surface area contributed by atoms with Crippen LogP contribution in [0.5, 0.6) is 0 Å². The average molecular weight is 283 g/mol. The van der Waals surface area contributed by atoms with Gasteiger partial charge in [0.05, 0.1) is 17.8 Å². The number of hydrogen-bond donors (Lipinski definition) is 1. The molecule has 4 nitrogen and oxygen atoms in total. The van der Waals surface area contributed by atoms with Crippen LogP contribution in [0.15, 0.2) is 18.2 Å². The molecule has 1 aromatic carbocycles. The van der Waals surface area contributed by atoms with E-state index in [9.17, 15) is 4.79 Å². The number of nitrogens with one attached hydrogen (secondary N) is 1. The molecular formula is C14H19ClN2O2. The Hall–Kier alpha value is -1.26. The number of carbonyl (C=O) groups is 1. The van der Waals surface area contributed by atoms with Crippen molar-refractivity contribution in [3.63, 3.8) is 0 Å². The van der Waals surface area contributed by atoms with E-state index in [-0.39, 0.29) is 18.1 Å². The van der Waals surface area contributed by atoms with Gasteiger partial charge in [0.15, 0.2) is 0 Å². The molecule has 104 valence electrons. The summed E-state index contributed by atoms with van der Waals surface area (Å²) in [6.45, 7) is 5.18. The van der Waals surface area contributed by atoms with Gasteiger partial charge in [-0.2, -0.15) is 0 Å². The van der Waals surface area contributed by atoms with Crippen LogP contribution in [0.1, 0.15) is 24.2 Å². The molecule has 0 aliphatic carbocycles. The highest BCUT2D eigenvalue weighted by molar-refractivity contribution is 6.31. The molecule has 1 fully saturated rings. The smallest absolute Gasteiger partial charge is 0.256 e. The monoisotopic (exact) mass is 282 g/mol. The highest BCUT2D eigenvalue weighted by atomic mass is 35.5. The van der Waals surface area contributed by atoms with E-state index in [4.69, 9.17) is 16.3 Å². The number of hydrogen-bond acceptors (Lipinski definition) is 3. The van der Waals surface area contributed by atoms with E-state index in [2.05, 4.69) is 5.32 Å². The molecule has 1 aliphatic rings. The zero-order valence-corrected chi connectivity index (χ0v) is 12.2. The van der Waals surface area contributed by atoms with Crippen molar-refractivity contribution in [2.75, 3.05) is 25.5 Å². The molecule has 0 bridgehead atoms. The number of ether oxygens (including phenoxy) is 1. The first-order valence-electron chi connectivity index (χ1n) is 6.43. The summed E-state index contributed by atoms with van der Waals surface area (Å²) >= 11 is 5.99. The molecule has 1 heterocycles. The summed E-state index contributed by atoms with van der Waals surface area (Å²) in [6.07, 6.45) is 0.120. The molecule has 2 unspecified atom stereocenters. The van der Waals surface area contributed by atoms with Gasteiger partial charge in [0.25, 0.3) is 5.91 Å². The summed E-state index contributed by atoms with van der Waals surface area (Å²) in [7, 11) is 1.80. The molecule has 0 aromatic heterocycles. The van der Waals surface area contributed by atoms with Crippen LogP contribution in [-0.2, 0) is 4.74 Å². The minimum atomic E-state index is -0.00569. The molecule has 5 heteroatoms. The van der Waals surface area contributed by atoms with Crippen LogP contribution in [0.3, 0.4) is 0 Å². The third-order valence-corrected chi connectivity index (χ3v) is 3.42. The number of rotatable bonds is 2. The van der Waals surface area contributed by atoms with Gasteiger partial charge in [-0.25, -0.2) is 0 Å². The minimum Gasteiger partial charge on any atom is -0.387 e. The number of anilines is 1. The zero-order valence-electron chi connectivity index (χ0n) is 11.4. The van der Waals surface area contributed by atoms with Crippen LogP contribution in [0.4, 0.5) is 5.69 Å². The van der Waals surface area contributed by atoms with Crippen molar-refractivity contribution < 1.29 is 9.53 Å². The largest absolute Gasteiger partial charge is 0.387 e. The maximum atomic E-state index is 12.6. The van der Waals surface area contributed by atoms with Gasteiger partial charge >= 0.3 is 0 Å². The summed E-state index contributed by atoms with van der Waals surface area (Å²) in [4.78, 5) is 14.4. The molecule has 0 spiro atoms. The number of carbonyl (C=O) groups excluding carboxylic acids is 1. The molecule has 0 radical (unpaired) electrons. The Bertz CT molecular complexity index is 469. The quantitative estimate of drug-likeness (QED) is 0.907. The number of nitrogens with zero attached hydrogens (tertiary/aromatic N) is 1. The second kappa shape index (κ2) is 5.80. The van der Waals surface area contributed by atoms with E-state index in [1.54, 1.807) is 19.2 Å². The molecule has 2 atom stereocenters. The van der Waals surface area contributed by atoms with Crippen LogP contribution in [-0.4, -0.2) is 43.2 Å². The van der Waals surface area contributed by atoms with Crippen LogP contribution >= 0.6 is 11.6 Å². The van der Waals surface area contributed by atoms with Crippen molar-refractivity contribution >= 4 is 23.2 Å². The van der Waals surface area contributed by atoms with Gasteiger partial charge in [-0.05, 0) is 32.0 Å². The Kier molecular flexibility index (Phi) is 4.32. The lowest BCUT2D eigenvalue weighted by atomic mass is 10.1. The summed E-state index contributed by atoms with van der Waals surface area (Å²) in [5, 5.41) is 3.59. The Morgan fingerprint density at radius 3 is 2.58 bits per heavy atom. The molecule has 2 rings (SSSR count). The molecule has 1 aliphatic heterocycles. The van der Waals surface area contributed by atoms with E-state index < -0.39 is 0 Å². The normalized spacial score (nSPS) is 23.3. The summed E-state index contributed by atoms with van der Waals surface area (Å²) in [6, 6.07) is 5.30. The summed E-state index contributed by atoms with van der Waals surface area (Å²) in [5.74, 6) is -0.00569. The molecule has 1 amide bonds. The number of amides is 1. The van der Waals surface area contributed by atoms with Crippen LogP contribution < -0.4 is 5.32 Å². The standard InChI is InChI=1S/C14H19ClN2O2/c1-9-7-17(8-10(2)19-9)14(18)12-6-11(15)4-5-13(12)16-3/h4-6,9-10,16H,7-8H2,1-3H3. The van der Waals surface area contributed by atoms with Crippen LogP contribution in [0.2, 0.25) is 5.02 Å². The van der Waals surface area contributed by atoms with Gasteiger partial charge < -0.3 is 15.0 Å². The molecule has 1 N–H and O–H groups in total. The fourth-order valence-electron chi connectivity index (χ4n) is 2.43. The van der Waals surface area contributed by atoms with Gasteiger partial charge in [0.2, 0.25) is 0 Å². The number of halogens is 1. The Morgan fingerprint density at radius 2 is 2.00 bits per heavy atom. The lowest BCUT2D eigenvalue weighted by molar-refractivity contribution is -0.0585. The highest BCUT2D eigenvalue weighted by Crippen LogP contribution is 2.23. The zero-order chi connectivity index (χ0) is 14.0. The molecule has 1 saturated heterocycles. The Labute approximate surface area is 118 Å². The number of morpholine rings is 1. The number of benzene rings is 1. The molecule has 1 aromatic rings. The molecule has 0 saturated carbocycles. The minimum absolute atomic E-state index is 0.00569. The second-order valence-corrected chi connectivity index (χ2v) is 5.34. The van der Waals surface area contributed by atoms with E-state index in [1.807, 2.05) is 24.8 Å². The van der Waals surface area contributed by atoms with Crippen molar-refractivity contribution in [2.45, 2.75) is 26.1 Å². The lowest BCUT2D eigenvalue weighted by Crippen LogP contribution is -2.48. The van der Waals surface area contributed by atoms with Crippen LogP contribution in [0, 0.1) is 0 Å². The van der Waals surface area contributed by atoms with Crippen molar-refractivity contribution in [1.82, 2.24) is 4.90 Å². The first-order valence-corrected chi connectivity index (χ1v) is 6.81. The SMILES string of the molecule is CNc1ccc(Cl)cc1C(=O)N1CC(C)OC(C)C1. The maximum absolute atomic E-state index is 12.6. The van der Waals surface area contributed by atoms with E-state index in [0.717, 1.165) is 5.69 Å². The average Bonchev–Trinajstić information content (AvgIpc) is 2.36. The Balaban J connectivity index is 2.26. The van der Waals surface area contributed by atoms with Crippen molar-refractivity contribution in [1.29, 1.82) is 0 Å². The second-order valence-electron chi connectivity index (χ2n) is 4.91.